The molecule has 1 aromatic carbocycles. The van der Waals surface area contributed by atoms with Crippen molar-refractivity contribution in [1.82, 2.24) is 4.90 Å². The molecular weight excluding hydrogens is 416 g/mol. The molecule has 0 radical (unpaired) electrons. The number of benzene rings is 1. The van der Waals surface area contributed by atoms with Gasteiger partial charge < -0.3 is 26.0 Å². The van der Waals surface area contributed by atoms with Gasteiger partial charge in [0, 0.05) is 10.9 Å². The first-order chi connectivity index (χ1) is 14.8. The summed E-state index contributed by atoms with van der Waals surface area (Å²) < 4.78 is 5.31. The fourth-order valence-electron chi connectivity index (χ4n) is 3.85. The van der Waals surface area contributed by atoms with E-state index >= 15 is 0 Å². The molecule has 166 valence electrons. The Balaban J connectivity index is 1.77. The van der Waals surface area contributed by atoms with Gasteiger partial charge in [0.15, 0.2) is 0 Å². The fourth-order valence-corrected chi connectivity index (χ4v) is 4.93. The first-order valence-electron chi connectivity index (χ1n) is 10.2. The van der Waals surface area contributed by atoms with Crippen LogP contribution < -0.4 is 21.1 Å². The Morgan fingerprint density at radius 2 is 1.84 bits per heavy atom. The maximum absolute atomic E-state index is 13.1. The molecule has 0 unspecified atom stereocenters. The summed E-state index contributed by atoms with van der Waals surface area (Å²) in [5.41, 5.74) is 7.12. The van der Waals surface area contributed by atoms with Gasteiger partial charge in [-0.25, -0.2) is 4.79 Å². The topological polar surface area (TPSA) is 114 Å². The maximum Gasteiger partial charge on any atom is 0.322 e. The number of carbonyl (C=O) groups is 3. The van der Waals surface area contributed by atoms with Crippen molar-refractivity contribution in [3.63, 3.8) is 0 Å². The summed E-state index contributed by atoms with van der Waals surface area (Å²) >= 11 is 1.30. The first-order valence-corrected chi connectivity index (χ1v) is 11.0. The quantitative estimate of drug-likeness (QED) is 0.601. The van der Waals surface area contributed by atoms with Crippen LogP contribution in [0.1, 0.15) is 46.5 Å². The Labute approximate surface area is 185 Å². The summed E-state index contributed by atoms with van der Waals surface area (Å²) in [6, 6.07) is 6.74. The number of hydrogen-bond donors (Lipinski definition) is 3. The number of primary amides is 1. The van der Waals surface area contributed by atoms with E-state index < -0.39 is 5.91 Å². The zero-order valence-corrected chi connectivity index (χ0v) is 18.8. The van der Waals surface area contributed by atoms with Crippen molar-refractivity contribution in [1.29, 1.82) is 0 Å². The second-order valence-electron chi connectivity index (χ2n) is 7.60. The minimum absolute atomic E-state index is 0.0251. The summed E-state index contributed by atoms with van der Waals surface area (Å²) in [6.07, 6.45) is 3.71. The third-order valence-electron chi connectivity index (χ3n) is 5.57. The third kappa shape index (κ3) is 5.16. The van der Waals surface area contributed by atoms with Crippen LogP contribution in [-0.4, -0.2) is 42.4 Å². The minimum atomic E-state index is -0.585. The number of ether oxygens (including phenoxy) is 1. The van der Waals surface area contributed by atoms with E-state index in [4.69, 9.17) is 10.5 Å². The molecule has 0 aliphatic heterocycles. The van der Waals surface area contributed by atoms with Crippen LogP contribution in [0.25, 0.3) is 0 Å². The first kappa shape index (κ1) is 22.6. The van der Waals surface area contributed by atoms with E-state index in [-0.39, 0.29) is 24.5 Å². The number of rotatable bonds is 7. The van der Waals surface area contributed by atoms with E-state index in [9.17, 15) is 14.4 Å². The molecule has 31 heavy (non-hydrogen) atoms. The average molecular weight is 445 g/mol. The standard InChI is InChI=1S/C22H28N4O4S/c1-13-14(2)31-21(19(13)20(23)28)25-18(27)12-26(15-8-4-5-9-15)22(29)24-16-10-6-7-11-17(16)30-3/h6-7,10-11,15H,4-5,8-9,12H2,1-3H3,(H2,23,28)(H,24,29)(H,25,27). The molecule has 0 saturated heterocycles. The van der Waals surface area contributed by atoms with Gasteiger partial charge in [0.05, 0.1) is 18.4 Å². The summed E-state index contributed by atoms with van der Waals surface area (Å²) in [7, 11) is 1.54. The normalized spacial score (nSPS) is 13.6. The lowest BCUT2D eigenvalue weighted by Gasteiger charge is -2.28. The number of methoxy groups -OCH3 is 1. The third-order valence-corrected chi connectivity index (χ3v) is 6.70. The number of thiophene rings is 1. The van der Waals surface area contributed by atoms with E-state index in [1.54, 1.807) is 30.0 Å². The number of amides is 4. The molecule has 0 atom stereocenters. The Morgan fingerprint density at radius 1 is 1.16 bits per heavy atom. The van der Waals surface area contributed by atoms with Crippen LogP contribution in [0.5, 0.6) is 5.75 Å². The van der Waals surface area contributed by atoms with Gasteiger partial charge in [-0.3, -0.25) is 9.59 Å². The molecule has 0 bridgehead atoms. The fraction of sp³-hybridized carbons (Fsp3) is 0.409. The number of carbonyl (C=O) groups excluding carboxylic acids is 3. The second kappa shape index (κ2) is 9.82. The van der Waals surface area contributed by atoms with Gasteiger partial charge in [0.1, 0.15) is 17.3 Å². The zero-order chi connectivity index (χ0) is 22.5. The predicted octanol–water partition coefficient (Wildman–Crippen LogP) is 3.89. The molecule has 8 nitrogen and oxygen atoms in total. The van der Waals surface area contributed by atoms with Crippen molar-refractivity contribution in [3.05, 3.63) is 40.3 Å². The van der Waals surface area contributed by atoms with Crippen LogP contribution in [-0.2, 0) is 4.79 Å². The van der Waals surface area contributed by atoms with Gasteiger partial charge >= 0.3 is 6.03 Å². The predicted molar refractivity (Wildman–Crippen MR) is 122 cm³/mol. The summed E-state index contributed by atoms with van der Waals surface area (Å²) in [5.74, 6) is -0.410. The molecule has 0 spiro atoms. The Kier molecular flexibility index (Phi) is 7.17. The second-order valence-corrected chi connectivity index (χ2v) is 8.82. The molecule has 9 heteroatoms. The Bertz CT molecular complexity index is 982. The molecule has 3 rings (SSSR count). The molecule has 1 aromatic heterocycles. The summed E-state index contributed by atoms with van der Waals surface area (Å²) in [5, 5.41) is 6.06. The molecule has 1 fully saturated rings. The van der Waals surface area contributed by atoms with Crippen molar-refractivity contribution in [2.75, 3.05) is 24.3 Å². The lowest BCUT2D eigenvalue weighted by molar-refractivity contribution is -0.117. The van der Waals surface area contributed by atoms with Crippen molar-refractivity contribution >= 4 is 39.9 Å². The average Bonchev–Trinajstić information content (AvgIpc) is 3.35. The lowest BCUT2D eigenvalue weighted by Crippen LogP contribution is -2.46. The highest BCUT2D eigenvalue weighted by molar-refractivity contribution is 7.16. The smallest absolute Gasteiger partial charge is 0.322 e. The lowest BCUT2D eigenvalue weighted by atomic mass is 10.1. The molecule has 1 aliphatic rings. The monoisotopic (exact) mass is 444 g/mol. The zero-order valence-electron chi connectivity index (χ0n) is 18.0. The van der Waals surface area contributed by atoms with Gasteiger partial charge in [0.2, 0.25) is 5.91 Å². The van der Waals surface area contributed by atoms with Gasteiger partial charge in [0.25, 0.3) is 5.91 Å². The van der Waals surface area contributed by atoms with Crippen LogP contribution in [0.15, 0.2) is 24.3 Å². The summed E-state index contributed by atoms with van der Waals surface area (Å²) in [6.45, 7) is 3.54. The number of nitrogens with two attached hydrogens (primary N) is 1. The molecular formula is C22H28N4O4S. The summed E-state index contributed by atoms with van der Waals surface area (Å²) in [4.78, 5) is 40.3. The van der Waals surface area contributed by atoms with Gasteiger partial charge in [-0.2, -0.15) is 0 Å². The largest absolute Gasteiger partial charge is 0.495 e. The Hall–Kier alpha value is -3.07. The number of nitrogens with zero attached hydrogens (tertiary/aromatic N) is 1. The molecule has 1 saturated carbocycles. The molecule has 1 heterocycles. The highest BCUT2D eigenvalue weighted by atomic mass is 32.1. The van der Waals surface area contributed by atoms with Crippen LogP contribution >= 0.6 is 11.3 Å². The van der Waals surface area contributed by atoms with Crippen LogP contribution in [0, 0.1) is 13.8 Å². The number of para-hydroxylation sites is 2. The van der Waals surface area contributed by atoms with Crippen molar-refractivity contribution in [3.8, 4) is 5.75 Å². The van der Waals surface area contributed by atoms with Gasteiger partial charge in [-0.15, -0.1) is 11.3 Å². The number of aryl methyl sites for hydroxylation is 1. The van der Waals surface area contributed by atoms with Crippen LogP contribution in [0.4, 0.5) is 15.5 Å². The molecule has 4 N–H and O–H groups in total. The van der Waals surface area contributed by atoms with Crippen LogP contribution in [0.3, 0.4) is 0 Å². The van der Waals surface area contributed by atoms with Gasteiger partial charge in [-0.05, 0) is 44.4 Å². The van der Waals surface area contributed by atoms with Crippen LogP contribution in [0.2, 0.25) is 0 Å². The molecule has 4 amide bonds. The van der Waals surface area contributed by atoms with E-state index in [0.29, 0.717) is 22.0 Å². The van der Waals surface area contributed by atoms with Gasteiger partial charge in [-0.1, -0.05) is 25.0 Å². The SMILES string of the molecule is COc1ccccc1NC(=O)N(CC(=O)Nc1sc(C)c(C)c1C(N)=O)C1CCCC1. The van der Waals surface area contributed by atoms with E-state index in [1.807, 2.05) is 13.0 Å². The number of hydrogen-bond acceptors (Lipinski definition) is 5. The van der Waals surface area contributed by atoms with E-state index in [1.165, 1.54) is 18.4 Å². The highest BCUT2D eigenvalue weighted by Crippen LogP contribution is 2.32. The van der Waals surface area contributed by atoms with E-state index in [0.717, 1.165) is 36.1 Å². The molecule has 1 aliphatic carbocycles. The van der Waals surface area contributed by atoms with Crippen molar-refractivity contribution < 1.29 is 19.1 Å². The molecule has 2 aromatic rings. The number of nitrogens with one attached hydrogen (secondary N) is 2. The highest BCUT2D eigenvalue weighted by Gasteiger charge is 2.29. The van der Waals surface area contributed by atoms with Crippen molar-refractivity contribution in [2.45, 2.75) is 45.6 Å². The van der Waals surface area contributed by atoms with E-state index in [2.05, 4.69) is 10.6 Å². The minimum Gasteiger partial charge on any atom is -0.495 e. The van der Waals surface area contributed by atoms with Crippen molar-refractivity contribution in [2.24, 2.45) is 5.73 Å². The number of urea groups is 1. The Morgan fingerprint density at radius 3 is 2.48 bits per heavy atom. The number of anilines is 2. The maximum atomic E-state index is 13.1.